The van der Waals surface area contributed by atoms with Crippen LogP contribution < -0.4 is 16.0 Å². The molecule has 0 amide bonds. The molecule has 4 N–H and O–H groups in total. The fraction of sp³-hybridized carbons (Fsp3) is 0.545. The average molecular weight is 411 g/mol. The third kappa shape index (κ3) is 3.71. The fourth-order valence-electron chi connectivity index (χ4n) is 5.17. The molecule has 4 atom stereocenters. The van der Waals surface area contributed by atoms with E-state index in [1.165, 1.54) is 12.8 Å². The van der Waals surface area contributed by atoms with Crippen molar-refractivity contribution in [2.24, 2.45) is 0 Å². The number of phenolic OH excluding ortho intramolecular Hbond substituents is 1. The molecule has 0 aliphatic carbocycles. The van der Waals surface area contributed by atoms with Crippen LogP contribution in [-0.4, -0.2) is 77.2 Å². The Bertz CT molecular complexity index is 895. The van der Waals surface area contributed by atoms with Crippen molar-refractivity contribution in [3.8, 4) is 17.0 Å². The first-order valence-electron chi connectivity index (χ1n) is 10.9. The summed E-state index contributed by atoms with van der Waals surface area (Å²) in [6.45, 7) is 6.81. The molecule has 4 heterocycles. The highest BCUT2D eigenvalue weighted by molar-refractivity contribution is 5.74. The molecule has 8 heteroatoms. The molecule has 0 spiro atoms. The van der Waals surface area contributed by atoms with E-state index >= 15 is 0 Å². The minimum Gasteiger partial charge on any atom is -0.507 e. The van der Waals surface area contributed by atoms with Crippen molar-refractivity contribution in [2.75, 3.05) is 43.4 Å². The van der Waals surface area contributed by atoms with Crippen molar-refractivity contribution in [1.29, 1.82) is 0 Å². The van der Waals surface area contributed by atoms with Gasteiger partial charge in [-0.2, -0.15) is 0 Å². The van der Waals surface area contributed by atoms with E-state index in [2.05, 4.69) is 32.2 Å². The molecule has 3 aliphatic rings. The normalized spacial score (nSPS) is 29.3. The number of morpholine rings is 1. The smallest absolute Gasteiger partial charge is 0.169 e. The van der Waals surface area contributed by atoms with E-state index in [0.29, 0.717) is 29.2 Å². The van der Waals surface area contributed by atoms with Crippen molar-refractivity contribution in [3.05, 3.63) is 30.3 Å². The molecule has 1 aromatic heterocycles. The van der Waals surface area contributed by atoms with Crippen LogP contribution in [0, 0.1) is 0 Å². The quantitative estimate of drug-likeness (QED) is 0.697. The van der Waals surface area contributed by atoms with Crippen LogP contribution in [0.15, 0.2) is 30.3 Å². The van der Waals surface area contributed by atoms with Gasteiger partial charge in [-0.3, -0.25) is 4.90 Å². The van der Waals surface area contributed by atoms with Crippen molar-refractivity contribution < 1.29 is 9.84 Å². The number of piperazine rings is 1. The molecule has 2 bridgehead atoms. The zero-order valence-corrected chi connectivity index (χ0v) is 17.4. The summed E-state index contributed by atoms with van der Waals surface area (Å²) in [7, 11) is 0. The summed E-state index contributed by atoms with van der Waals surface area (Å²) < 4.78 is 6.14. The number of nitrogen functional groups attached to an aromatic ring is 1. The first-order valence-corrected chi connectivity index (χ1v) is 10.9. The lowest BCUT2D eigenvalue weighted by Gasteiger charge is -2.44. The molecular weight excluding hydrogens is 380 g/mol. The van der Waals surface area contributed by atoms with Gasteiger partial charge in [0.15, 0.2) is 5.82 Å². The van der Waals surface area contributed by atoms with Gasteiger partial charge in [0, 0.05) is 50.4 Å². The monoisotopic (exact) mass is 410 g/mol. The van der Waals surface area contributed by atoms with E-state index in [9.17, 15) is 5.11 Å². The van der Waals surface area contributed by atoms with E-state index in [0.717, 1.165) is 38.4 Å². The minimum atomic E-state index is 0.197. The number of hydrogen-bond acceptors (Lipinski definition) is 8. The zero-order chi connectivity index (χ0) is 20.7. The molecule has 3 aliphatic heterocycles. The highest BCUT2D eigenvalue weighted by atomic mass is 16.5. The van der Waals surface area contributed by atoms with Crippen LogP contribution in [0.3, 0.4) is 0 Å². The molecule has 0 saturated carbocycles. The Morgan fingerprint density at radius 1 is 1.17 bits per heavy atom. The van der Waals surface area contributed by atoms with Crippen LogP contribution in [-0.2, 0) is 4.74 Å². The van der Waals surface area contributed by atoms with Gasteiger partial charge in [0.05, 0.1) is 23.6 Å². The van der Waals surface area contributed by atoms with Gasteiger partial charge >= 0.3 is 0 Å². The van der Waals surface area contributed by atoms with Crippen molar-refractivity contribution in [3.63, 3.8) is 0 Å². The average Bonchev–Trinajstić information content (AvgIpc) is 2.96. The van der Waals surface area contributed by atoms with Crippen LogP contribution in [0.25, 0.3) is 11.3 Å². The Labute approximate surface area is 177 Å². The first-order chi connectivity index (χ1) is 14.6. The van der Waals surface area contributed by atoms with Crippen molar-refractivity contribution in [2.45, 2.75) is 44.1 Å². The second-order valence-electron chi connectivity index (χ2n) is 8.73. The van der Waals surface area contributed by atoms with Crippen LogP contribution in [0.2, 0.25) is 0 Å². The molecule has 2 unspecified atom stereocenters. The summed E-state index contributed by atoms with van der Waals surface area (Å²) in [5.41, 5.74) is 8.45. The predicted molar refractivity (Wildman–Crippen MR) is 116 cm³/mol. The highest BCUT2D eigenvalue weighted by Gasteiger charge is 2.41. The van der Waals surface area contributed by atoms with Gasteiger partial charge in [0.25, 0.3) is 0 Å². The molecule has 3 saturated heterocycles. The molecule has 160 valence electrons. The van der Waals surface area contributed by atoms with E-state index < -0.39 is 0 Å². The predicted octanol–water partition coefficient (Wildman–Crippen LogP) is 1.46. The Morgan fingerprint density at radius 2 is 1.93 bits per heavy atom. The standard InChI is InChI=1S/C22H30N6O2/c1-14-9-24-10-17(30-14)13-28-15-6-7-16(28)12-27(11-15)20-8-19(25-26-22(20)23)18-4-2-3-5-21(18)29/h2-5,8,14-17,24,29H,6-7,9-13H2,1H3,(H2,23,26)/t14-,15?,16?,17-/m1/s1. The number of benzene rings is 1. The van der Waals surface area contributed by atoms with Crippen LogP contribution in [0.4, 0.5) is 11.5 Å². The Balaban J connectivity index is 1.34. The van der Waals surface area contributed by atoms with Gasteiger partial charge in [-0.05, 0) is 38.0 Å². The van der Waals surface area contributed by atoms with Gasteiger partial charge in [0.1, 0.15) is 5.75 Å². The Hall–Kier alpha value is -2.42. The largest absolute Gasteiger partial charge is 0.507 e. The van der Waals surface area contributed by atoms with Gasteiger partial charge in [-0.1, -0.05) is 12.1 Å². The molecule has 0 radical (unpaired) electrons. The number of aromatic hydroxyl groups is 1. The molecule has 8 nitrogen and oxygen atoms in total. The number of para-hydroxylation sites is 1. The minimum absolute atomic E-state index is 0.197. The molecular formula is C22H30N6O2. The van der Waals surface area contributed by atoms with Gasteiger partial charge < -0.3 is 25.8 Å². The number of rotatable bonds is 4. The second kappa shape index (κ2) is 8.02. The summed E-state index contributed by atoms with van der Waals surface area (Å²) >= 11 is 0. The van der Waals surface area contributed by atoms with Crippen molar-refractivity contribution in [1.82, 2.24) is 20.4 Å². The number of ether oxygens (including phenoxy) is 1. The van der Waals surface area contributed by atoms with E-state index in [-0.39, 0.29) is 18.0 Å². The number of nitrogens with two attached hydrogens (primary N) is 1. The maximum atomic E-state index is 10.2. The third-order valence-corrected chi connectivity index (χ3v) is 6.60. The van der Waals surface area contributed by atoms with Gasteiger partial charge in [0.2, 0.25) is 0 Å². The molecule has 2 aromatic rings. The summed E-state index contributed by atoms with van der Waals surface area (Å²) in [5, 5.41) is 22.1. The lowest BCUT2D eigenvalue weighted by atomic mass is 10.1. The Morgan fingerprint density at radius 3 is 2.67 bits per heavy atom. The van der Waals surface area contributed by atoms with Gasteiger partial charge in [-0.15, -0.1) is 10.2 Å². The molecule has 5 rings (SSSR count). The van der Waals surface area contributed by atoms with Crippen molar-refractivity contribution >= 4 is 11.5 Å². The summed E-state index contributed by atoms with van der Waals surface area (Å²) in [6, 6.07) is 10.1. The summed E-state index contributed by atoms with van der Waals surface area (Å²) in [5.74, 6) is 0.637. The maximum Gasteiger partial charge on any atom is 0.169 e. The highest BCUT2D eigenvalue weighted by Crippen LogP contribution is 2.36. The van der Waals surface area contributed by atoms with Crippen LogP contribution in [0.5, 0.6) is 5.75 Å². The number of fused-ring (bicyclic) bond motifs is 2. The zero-order valence-electron chi connectivity index (χ0n) is 17.4. The lowest BCUT2D eigenvalue weighted by Crippen LogP contribution is -2.58. The summed E-state index contributed by atoms with van der Waals surface area (Å²) in [6.07, 6.45) is 2.92. The topological polar surface area (TPSA) is 99.8 Å². The third-order valence-electron chi connectivity index (χ3n) is 6.60. The number of nitrogens with one attached hydrogen (secondary N) is 1. The number of anilines is 2. The lowest BCUT2D eigenvalue weighted by molar-refractivity contribution is -0.0502. The van der Waals surface area contributed by atoms with Crippen LogP contribution in [0.1, 0.15) is 19.8 Å². The van der Waals surface area contributed by atoms with E-state index in [1.807, 2.05) is 18.2 Å². The Kier molecular flexibility index (Phi) is 5.22. The van der Waals surface area contributed by atoms with Crippen LogP contribution >= 0.6 is 0 Å². The molecule has 3 fully saturated rings. The molecule has 30 heavy (non-hydrogen) atoms. The number of nitrogens with zero attached hydrogens (tertiary/aromatic N) is 4. The number of phenols is 1. The van der Waals surface area contributed by atoms with Gasteiger partial charge in [-0.25, -0.2) is 0 Å². The molecule has 1 aromatic carbocycles. The fourth-order valence-corrected chi connectivity index (χ4v) is 5.17. The van der Waals surface area contributed by atoms with E-state index in [4.69, 9.17) is 10.5 Å². The SMILES string of the molecule is C[C@@H]1CNC[C@H](CN2C3CCC2CN(c2cc(-c4ccccc4O)nnc2N)C3)O1. The number of aromatic nitrogens is 2. The first kappa shape index (κ1) is 19.5. The second-order valence-corrected chi connectivity index (χ2v) is 8.73. The van der Waals surface area contributed by atoms with E-state index in [1.54, 1.807) is 12.1 Å². The number of hydrogen-bond donors (Lipinski definition) is 3. The summed E-state index contributed by atoms with van der Waals surface area (Å²) in [4.78, 5) is 4.98. The maximum absolute atomic E-state index is 10.2.